The molecule has 2 aromatic rings. The van der Waals surface area contributed by atoms with Crippen LogP contribution in [0, 0.1) is 18.6 Å². The first-order chi connectivity index (χ1) is 9.38. The van der Waals surface area contributed by atoms with Crippen molar-refractivity contribution in [2.45, 2.75) is 11.8 Å². The van der Waals surface area contributed by atoms with Gasteiger partial charge in [0.2, 0.25) is 0 Å². The maximum Gasteiger partial charge on any atom is 0.167 e. The number of rotatable bonds is 3. The predicted molar refractivity (Wildman–Crippen MR) is 73.2 cm³/mol. The van der Waals surface area contributed by atoms with Crippen molar-refractivity contribution in [3.8, 4) is 11.5 Å². The number of nitrogens with two attached hydrogens (primary N) is 1. The Morgan fingerprint density at radius 3 is 2.45 bits per heavy atom. The van der Waals surface area contributed by atoms with Crippen LogP contribution in [-0.4, -0.2) is 4.21 Å². The minimum atomic E-state index is -2.10. The Bertz CT molecular complexity index is 694. The molecule has 0 aliphatic heterocycles. The van der Waals surface area contributed by atoms with Gasteiger partial charge in [0.1, 0.15) is 22.6 Å². The summed E-state index contributed by atoms with van der Waals surface area (Å²) >= 11 is 5.79. The van der Waals surface area contributed by atoms with Gasteiger partial charge in [-0.05, 0) is 36.8 Å². The van der Waals surface area contributed by atoms with Crippen LogP contribution in [-0.2, 0) is 11.0 Å². The zero-order chi connectivity index (χ0) is 14.9. The van der Waals surface area contributed by atoms with Crippen LogP contribution in [0.4, 0.5) is 8.78 Å². The molecule has 0 heterocycles. The molecule has 0 aliphatic carbocycles. The van der Waals surface area contributed by atoms with Gasteiger partial charge in [-0.25, -0.2) is 18.1 Å². The third-order valence-electron chi connectivity index (χ3n) is 2.56. The van der Waals surface area contributed by atoms with Crippen LogP contribution in [0.15, 0.2) is 35.2 Å². The second-order valence-corrected chi connectivity index (χ2v) is 5.49. The Morgan fingerprint density at radius 1 is 1.15 bits per heavy atom. The van der Waals surface area contributed by atoms with Crippen LogP contribution in [0.1, 0.15) is 5.56 Å². The summed E-state index contributed by atoms with van der Waals surface area (Å²) in [6.07, 6.45) is 0. The molecule has 0 radical (unpaired) electrons. The molecule has 20 heavy (non-hydrogen) atoms. The fourth-order valence-corrected chi connectivity index (χ4v) is 2.29. The second-order valence-electron chi connectivity index (χ2n) is 4.02. The second kappa shape index (κ2) is 5.87. The first-order valence-electron chi connectivity index (χ1n) is 5.47. The summed E-state index contributed by atoms with van der Waals surface area (Å²) < 4.78 is 43.7. The van der Waals surface area contributed by atoms with Crippen LogP contribution in [0.25, 0.3) is 0 Å². The quantitative estimate of drug-likeness (QED) is 0.938. The summed E-state index contributed by atoms with van der Waals surface area (Å²) in [5.41, 5.74) is 0.670. The van der Waals surface area contributed by atoms with Gasteiger partial charge in [-0.2, -0.15) is 0 Å². The Balaban J connectivity index is 2.39. The van der Waals surface area contributed by atoms with Gasteiger partial charge in [-0.1, -0.05) is 11.6 Å². The van der Waals surface area contributed by atoms with Gasteiger partial charge < -0.3 is 4.74 Å². The average Bonchev–Trinajstić information content (AvgIpc) is 2.36. The number of ether oxygens (including phenoxy) is 1. The van der Waals surface area contributed by atoms with Gasteiger partial charge in [0.05, 0.1) is 4.90 Å². The summed E-state index contributed by atoms with van der Waals surface area (Å²) in [5.74, 6) is -1.72. The molecular weight excluding hydrogens is 308 g/mol. The van der Waals surface area contributed by atoms with E-state index in [9.17, 15) is 13.0 Å². The highest BCUT2D eigenvalue weighted by atomic mass is 35.5. The Kier molecular flexibility index (Phi) is 4.37. The summed E-state index contributed by atoms with van der Waals surface area (Å²) in [5, 5.41) is 5.55. The number of hydrogen-bond acceptors (Lipinski definition) is 2. The normalized spacial score (nSPS) is 12.2. The molecule has 0 fully saturated rings. The lowest BCUT2D eigenvalue weighted by Gasteiger charge is -2.11. The van der Waals surface area contributed by atoms with E-state index >= 15 is 0 Å². The maximum atomic E-state index is 13.8. The van der Waals surface area contributed by atoms with Crippen LogP contribution < -0.4 is 9.88 Å². The van der Waals surface area contributed by atoms with Crippen LogP contribution in [0.3, 0.4) is 0 Å². The summed E-state index contributed by atoms with van der Waals surface area (Å²) in [4.78, 5) is -0.414. The molecule has 0 aliphatic rings. The first kappa shape index (κ1) is 14.9. The summed E-state index contributed by atoms with van der Waals surface area (Å²) in [6.45, 7) is 1.72. The van der Waals surface area contributed by atoms with Crippen molar-refractivity contribution in [2.75, 3.05) is 0 Å². The molecule has 106 valence electrons. The van der Waals surface area contributed by atoms with Crippen molar-refractivity contribution < 1.29 is 17.7 Å². The Hall–Kier alpha value is -1.50. The van der Waals surface area contributed by atoms with E-state index in [-0.39, 0.29) is 5.75 Å². The smallest absolute Gasteiger partial charge is 0.167 e. The molecule has 2 aromatic carbocycles. The van der Waals surface area contributed by atoms with Crippen LogP contribution in [0.2, 0.25) is 5.02 Å². The van der Waals surface area contributed by atoms with Crippen molar-refractivity contribution in [2.24, 2.45) is 5.14 Å². The van der Waals surface area contributed by atoms with E-state index in [4.69, 9.17) is 21.5 Å². The highest BCUT2D eigenvalue weighted by Crippen LogP contribution is 2.30. The molecule has 0 aromatic heterocycles. The van der Waals surface area contributed by atoms with Crippen molar-refractivity contribution in [3.05, 3.63) is 52.6 Å². The van der Waals surface area contributed by atoms with E-state index in [1.54, 1.807) is 25.1 Å². The van der Waals surface area contributed by atoms with Crippen molar-refractivity contribution in [1.29, 1.82) is 0 Å². The minimum Gasteiger partial charge on any atom is -0.454 e. The van der Waals surface area contributed by atoms with Crippen molar-refractivity contribution in [3.63, 3.8) is 0 Å². The minimum absolute atomic E-state index is 0.317. The topological polar surface area (TPSA) is 52.3 Å². The van der Waals surface area contributed by atoms with Crippen LogP contribution >= 0.6 is 11.6 Å². The molecule has 2 N–H and O–H groups in total. The van der Waals surface area contributed by atoms with E-state index in [0.717, 1.165) is 12.1 Å². The van der Waals surface area contributed by atoms with E-state index in [0.29, 0.717) is 16.3 Å². The Morgan fingerprint density at radius 2 is 1.85 bits per heavy atom. The maximum absolute atomic E-state index is 13.8. The van der Waals surface area contributed by atoms with E-state index < -0.39 is 27.5 Å². The lowest BCUT2D eigenvalue weighted by molar-refractivity contribution is 0.430. The zero-order valence-corrected chi connectivity index (χ0v) is 11.9. The van der Waals surface area contributed by atoms with E-state index in [1.807, 2.05) is 0 Å². The molecule has 0 spiro atoms. The lowest BCUT2D eigenvalue weighted by Crippen LogP contribution is -2.06. The van der Waals surface area contributed by atoms with Crippen molar-refractivity contribution >= 4 is 22.6 Å². The monoisotopic (exact) mass is 317 g/mol. The first-order valence-corrected chi connectivity index (χ1v) is 7.07. The Labute approximate surface area is 121 Å². The largest absolute Gasteiger partial charge is 0.454 e. The van der Waals surface area contributed by atoms with Gasteiger partial charge in [-0.3, -0.25) is 0 Å². The summed E-state index contributed by atoms with van der Waals surface area (Å²) in [6, 6.07) is 6.31. The number of halogens is 3. The molecular formula is C13H10ClF2NO2S. The van der Waals surface area contributed by atoms with Gasteiger partial charge in [0, 0.05) is 11.1 Å². The van der Waals surface area contributed by atoms with Gasteiger partial charge in [0.25, 0.3) is 0 Å². The number of benzene rings is 2. The molecule has 1 unspecified atom stereocenters. The molecule has 0 amide bonds. The highest BCUT2D eigenvalue weighted by Gasteiger charge is 2.15. The third kappa shape index (κ3) is 3.15. The fraction of sp³-hybridized carbons (Fsp3) is 0.0769. The standard InChI is InChI=1S/C13H10ClF2NO2S/c1-7-4-8(14)2-3-11(7)19-12-5-10(16)13(20(17)18)6-9(12)15/h2-6H,17H2,1H3. The van der Waals surface area contributed by atoms with Crippen molar-refractivity contribution in [1.82, 2.24) is 0 Å². The fourth-order valence-electron chi connectivity index (χ4n) is 1.59. The molecule has 0 saturated carbocycles. The van der Waals surface area contributed by atoms with Gasteiger partial charge >= 0.3 is 0 Å². The third-order valence-corrected chi connectivity index (χ3v) is 3.54. The lowest BCUT2D eigenvalue weighted by atomic mass is 10.2. The zero-order valence-electron chi connectivity index (χ0n) is 10.3. The number of aryl methyl sites for hydroxylation is 1. The summed E-state index contributed by atoms with van der Waals surface area (Å²) in [7, 11) is -2.10. The highest BCUT2D eigenvalue weighted by molar-refractivity contribution is 7.82. The number of hydrogen-bond donors (Lipinski definition) is 1. The molecule has 3 nitrogen and oxygen atoms in total. The molecule has 0 bridgehead atoms. The van der Waals surface area contributed by atoms with Gasteiger partial charge in [0.15, 0.2) is 11.6 Å². The van der Waals surface area contributed by atoms with Crippen LogP contribution in [0.5, 0.6) is 11.5 Å². The van der Waals surface area contributed by atoms with Gasteiger partial charge in [-0.15, -0.1) is 0 Å². The SMILES string of the molecule is Cc1cc(Cl)ccc1Oc1cc(F)c(S(N)=O)cc1F. The van der Waals surface area contributed by atoms with E-state index in [2.05, 4.69) is 0 Å². The predicted octanol–water partition coefficient (Wildman–Crippen LogP) is 3.70. The molecule has 1 atom stereocenters. The molecule has 7 heteroatoms. The average molecular weight is 318 g/mol. The molecule has 0 saturated heterocycles. The van der Waals surface area contributed by atoms with E-state index in [1.165, 1.54) is 0 Å². The molecule has 2 rings (SSSR count).